The highest BCUT2D eigenvalue weighted by Crippen LogP contribution is 2.18. The number of carboxylic acids is 1. The predicted octanol–water partition coefficient (Wildman–Crippen LogP) is 16.5. The number of ether oxygens (including phenoxy) is 1. The van der Waals surface area contributed by atoms with E-state index in [2.05, 4.69) is 11.8 Å². The summed E-state index contributed by atoms with van der Waals surface area (Å²) in [6.07, 6.45) is 56.3. The van der Waals surface area contributed by atoms with Crippen LogP contribution in [0.4, 0.5) is 0 Å². The summed E-state index contributed by atoms with van der Waals surface area (Å²) in [5.74, 6) is 0.767. The summed E-state index contributed by atoms with van der Waals surface area (Å²) in [4.78, 5) is 30.0. The first-order valence-electron chi connectivity index (χ1n) is 26.3. The van der Waals surface area contributed by atoms with E-state index in [4.69, 9.17) is 14.8 Å². The Balaban J connectivity index is 1.75. The SMILES string of the molecule is CCCCCCCCCCCCCCOC(=O)CCCCCCCCCCCCCCCCCN1CCN=C1CCCCCCCCCCCCCCCCC(=O)O. The van der Waals surface area contributed by atoms with Gasteiger partial charge in [0.25, 0.3) is 0 Å². The third-order valence-corrected chi connectivity index (χ3v) is 12.6. The van der Waals surface area contributed by atoms with E-state index in [1.165, 1.54) is 256 Å². The average molecular weight is 817 g/mol. The largest absolute Gasteiger partial charge is 0.481 e. The smallest absolute Gasteiger partial charge is 0.305 e. The molecule has 1 aliphatic rings. The zero-order chi connectivity index (χ0) is 41.7. The number of carboxylic acid groups (broad SMARTS) is 1. The number of carbonyl (C=O) groups is 2. The molecule has 0 aliphatic carbocycles. The maximum atomic E-state index is 12.0. The van der Waals surface area contributed by atoms with Gasteiger partial charge in [0.05, 0.1) is 19.0 Å². The molecule has 0 spiro atoms. The minimum absolute atomic E-state index is 0.0210. The molecule has 0 aromatic rings. The number of amidine groups is 1. The molecule has 0 aromatic carbocycles. The Hall–Kier alpha value is -1.59. The van der Waals surface area contributed by atoms with Crippen LogP contribution in [0.5, 0.6) is 0 Å². The van der Waals surface area contributed by atoms with Gasteiger partial charge in [-0.05, 0) is 32.1 Å². The van der Waals surface area contributed by atoms with Gasteiger partial charge in [0, 0.05) is 32.4 Å². The van der Waals surface area contributed by atoms with Crippen molar-refractivity contribution < 1.29 is 19.4 Å². The number of nitrogens with zero attached hydrogens (tertiary/aromatic N) is 2. The van der Waals surface area contributed by atoms with Crippen LogP contribution in [0.15, 0.2) is 4.99 Å². The van der Waals surface area contributed by atoms with Gasteiger partial charge in [0.1, 0.15) is 0 Å². The molecule has 0 amide bonds. The molecular formula is C52H100N2O4. The van der Waals surface area contributed by atoms with Crippen molar-refractivity contribution in [3.63, 3.8) is 0 Å². The molecule has 342 valence electrons. The van der Waals surface area contributed by atoms with Crippen molar-refractivity contribution in [3.8, 4) is 0 Å². The van der Waals surface area contributed by atoms with Crippen LogP contribution in [0.2, 0.25) is 0 Å². The van der Waals surface area contributed by atoms with Gasteiger partial charge >= 0.3 is 11.9 Å². The normalized spacial score (nSPS) is 12.8. The van der Waals surface area contributed by atoms with E-state index in [-0.39, 0.29) is 5.97 Å². The maximum Gasteiger partial charge on any atom is 0.305 e. The number of unbranched alkanes of at least 4 members (excludes halogenated alkanes) is 38. The first-order chi connectivity index (χ1) is 28.6. The number of carbonyl (C=O) groups excluding carboxylic acids is 1. The molecule has 0 aromatic heterocycles. The number of esters is 1. The van der Waals surface area contributed by atoms with Crippen LogP contribution in [0.3, 0.4) is 0 Å². The van der Waals surface area contributed by atoms with E-state index in [9.17, 15) is 9.59 Å². The van der Waals surface area contributed by atoms with Crippen LogP contribution < -0.4 is 0 Å². The second-order valence-electron chi connectivity index (χ2n) is 18.3. The summed E-state index contributed by atoms with van der Waals surface area (Å²) in [5, 5.41) is 8.69. The van der Waals surface area contributed by atoms with Gasteiger partial charge in [0.15, 0.2) is 0 Å². The fourth-order valence-corrected chi connectivity index (χ4v) is 8.76. The molecule has 1 aliphatic heterocycles. The fourth-order valence-electron chi connectivity index (χ4n) is 8.76. The van der Waals surface area contributed by atoms with Crippen molar-refractivity contribution in [3.05, 3.63) is 0 Å². The highest BCUT2D eigenvalue weighted by atomic mass is 16.5. The molecule has 0 unspecified atom stereocenters. The van der Waals surface area contributed by atoms with Crippen molar-refractivity contribution in [1.29, 1.82) is 0 Å². The third-order valence-electron chi connectivity index (χ3n) is 12.6. The standard InChI is InChI=1S/C52H100N2O4/c1-2-3-4-5-6-7-8-22-27-32-37-42-49-58-52(57)45-40-35-30-25-20-16-10-9-13-17-21-26-31-36-41-47-54-48-46-53-50(54)43-38-33-28-23-18-14-11-12-15-19-24-29-34-39-44-51(55)56/h2-49H2,1H3,(H,55,56). The lowest BCUT2D eigenvalue weighted by Crippen LogP contribution is -2.28. The summed E-state index contributed by atoms with van der Waals surface area (Å²) in [7, 11) is 0. The van der Waals surface area contributed by atoms with Crippen molar-refractivity contribution >= 4 is 17.8 Å². The molecule has 0 saturated heterocycles. The van der Waals surface area contributed by atoms with E-state index >= 15 is 0 Å². The van der Waals surface area contributed by atoms with Crippen molar-refractivity contribution in [2.45, 2.75) is 289 Å². The van der Waals surface area contributed by atoms with Gasteiger partial charge in [-0.1, -0.05) is 238 Å². The lowest BCUT2D eigenvalue weighted by atomic mass is 10.0. The van der Waals surface area contributed by atoms with Crippen molar-refractivity contribution in [2.75, 3.05) is 26.2 Å². The summed E-state index contributed by atoms with van der Waals surface area (Å²) in [5.41, 5.74) is 0. The van der Waals surface area contributed by atoms with Gasteiger partial charge in [-0.2, -0.15) is 0 Å². The minimum Gasteiger partial charge on any atom is -0.481 e. The lowest BCUT2D eigenvalue weighted by molar-refractivity contribution is -0.144. The van der Waals surface area contributed by atoms with E-state index in [1.807, 2.05) is 0 Å². The summed E-state index contributed by atoms with van der Waals surface area (Å²) >= 11 is 0. The first-order valence-corrected chi connectivity index (χ1v) is 26.3. The molecule has 1 rings (SSSR count). The van der Waals surface area contributed by atoms with Crippen LogP contribution in [0.25, 0.3) is 0 Å². The number of aliphatic carboxylic acids is 1. The van der Waals surface area contributed by atoms with E-state index in [1.54, 1.807) is 0 Å². The average Bonchev–Trinajstić information content (AvgIpc) is 3.67. The number of rotatable bonds is 48. The summed E-state index contributed by atoms with van der Waals surface area (Å²) in [6, 6.07) is 0. The zero-order valence-corrected chi connectivity index (χ0v) is 39.0. The predicted molar refractivity (Wildman–Crippen MR) is 251 cm³/mol. The molecule has 1 heterocycles. The monoisotopic (exact) mass is 817 g/mol. The van der Waals surface area contributed by atoms with Gasteiger partial charge < -0.3 is 14.7 Å². The Morgan fingerprint density at radius 2 is 0.810 bits per heavy atom. The molecular weight excluding hydrogens is 717 g/mol. The van der Waals surface area contributed by atoms with Crippen molar-refractivity contribution in [2.24, 2.45) is 4.99 Å². The van der Waals surface area contributed by atoms with E-state index < -0.39 is 5.97 Å². The second-order valence-corrected chi connectivity index (χ2v) is 18.3. The Morgan fingerprint density at radius 1 is 0.466 bits per heavy atom. The van der Waals surface area contributed by atoms with E-state index in [0.29, 0.717) is 19.4 Å². The number of hydrogen-bond acceptors (Lipinski definition) is 5. The van der Waals surface area contributed by atoms with Crippen LogP contribution in [-0.2, 0) is 14.3 Å². The quantitative estimate of drug-likeness (QED) is 0.0489. The second kappa shape index (κ2) is 44.9. The molecule has 0 atom stereocenters. The van der Waals surface area contributed by atoms with Crippen molar-refractivity contribution in [1.82, 2.24) is 4.90 Å². The molecule has 0 fully saturated rings. The number of aliphatic imine (C=N–C) groups is 1. The van der Waals surface area contributed by atoms with Gasteiger partial charge in [-0.25, -0.2) is 0 Å². The van der Waals surface area contributed by atoms with Crippen LogP contribution >= 0.6 is 0 Å². The van der Waals surface area contributed by atoms with Gasteiger partial charge in [-0.3, -0.25) is 14.6 Å². The Kier molecular flexibility index (Phi) is 42.2. The topological polar surface area (TPSA) is 79.2 Å². The molecule has 6 nitrogen and oxygen atoms in total. The molecule has 0 radical (unpaired) electrons. The summed E-state index contributed by atoms with van der Waals surface area (Å²) in [6.45, 7) is 6.29. The first kappa shape index (κ1) is 54.4. The molecule has 58 heavy (non-hydrogen) atoms. The lowest BCUT2D eigenvalue weighted by Gasteiger charge is -2.20. The minimum atomic E-state index is -0.656. The van der Waals surface area contributed by atoms with Crippen LogP contribution in [0, 0.1) is 0 Å². The van der Waals surface area contributed by atoms with E-state index in [0.717, 1.165) is 38.8 Å². The zero-order valence-electron chi connectivity index (χ0n) is 39.0. The van der Waals surface area contributed by atoms with Gasteiger partial charge in [-0.15, -0.1) is 0 Å². The third kappa shape index (κ3) is 39.8. The Labute approximate surface area is 361 Å². The highest BCUT2D eigenvalue weighted by molar-refractivity contribution is 5.83. The van der Waals surface area contributed by atoms with Crippen LogP contribution in [-0.4, -0.2) is 54.0 Å². The molecule has 1 N–H and O–H groups in total. The molecule has 0 bridgehead atoms. The van der Waals surface area contributed by atoms with Gasteiger partial charge in [0.2, 0.25) is 0 Å². The highest BCUT2D eigenvalue weighted by Gasteiger charge is 2.15. The number of hydrogen-bond donors (Lipinski definition) is 1. The molecule has 0 saturated carbocycles. The Bertz CT molecular complexity index is 908. The summed E-state index contributed by atoms with van der Waals surface area (Å²) < 4.78 is 5.47. The fraction of sp³-hybridized carbons (Fsp3) is 0.942. The van der Waals surface area contributed by atoms with Crippen LogP contribution in [0.1, 0.15) is 289 Å². The molecule has 6 heteroatoms. The Morgan fingerprint density at radius 3 is 1.22 bits per heavy atom. The maximum absolute atomic E-state index is 12.0.